The van der Waals surface area contributed by atoms with E-state index in [-0.39, 0.29) is 63.7 Å². The van der Waals surface area contributed by atoms with E-state index in [1.807, 2.05) is 27.7 Å². The zero-order chi connectivity index (χ0) is 37.2. The van der Waals surface area contributed by atoms with Crippen molar-refractivity contribution in [1.82, 2.24) is 4.57 Å². The number of aliphatic imine (C=N–C) groups is 1. The number of carbonyl (C=O) groups is 2. The summed E-state index contributed by atoms with van der Waals surface area (Å²) in [5.74, 6) is -4.83. The number of aliphatic hydroxyl groups is 3. The summed E-state index contributed by atoms with van der Waals surface area (Å²) < 4.78 is 52.8. The predicted octanol–water partition coefficient (Wildman–Crippen LogP) is 6.92. The molecular weight excluding hydrogens is 781 g/mol. The van der Waals surface area contributed by atoms with Gasteiger partial charge in [-0.25, -0.2) is 22.8 Å². The third-order valence-corrected chi connectivity index (χ3v) is 8.47. The third-order valence-electron chi connectivity index (χ3n) is 7.25. The van der Waals surface area contributed by atoms with Crippen LogP contribution in [0.5, 0.6) is 0 Å². The van der Waals surface area contributed by atoms with Gasteiger partial charge in [0.15, 0.2) is 0 Å². The number of hydrogen-bond donors (Lipinski definition) is 3. The summed E-state index contributed by atoms with van der Waals surface area (Å²) >= 11 is 5.96. The first-order chi connectivity index (χ1) is 23.0. The van der Waals surface area contributed by atoms with Gasteiger partial charge < -0.3 is 29.4 Å². The van der Waals surface area contributed by atoms with Gasteiger partial charge in [0.2, 0.25) is 5.43 Å². The van der Waals surface area contributed by atoms with E-state index >= 15 is 0 Å². The minimum atomic E-state index is -1.05. The maximum absolute atomic E-state index is 14.0. The van der Waals surface area contributed by atoms with Crippen molar-refractivity contribution >= 4 is 66.7 Å². The monoisotopic (exact) mass is 818 g/mol. The molecule has 10 nitrogen and oxygen atoms in total. The van der Waals surface area contributed by atoms with E-state index in [9.17, 15) is 42.9 Å². The van der Waals surface area contributed by atoms with E-state index in [0.29, 0.717) is 11.6 Å². The third kappa shape index (κ3) is 10.5. The normalized spacial score (nSPS) is 13.3. The van der Waals surface area contributed by atoms with Crippen LogP contribution in [0.1, 0.15) is 63.5 Å². The van der Waals surface area contributed by atoms with Gasteiger partial charge in [-0.15, -0.1) is 0 Å². The lowest BCUT2D eigenvalue weighted by molar-refractivity contribution is -0.137. The van der Waals surface area contributed by atoms with E-state index in [4.69, 9.17) is 9.47 Å². The second-order valence-corrected chi connectivity index (χ2v) is 13.0. The number of hydrogen-bond acceptors (Lipinski definition) is 9. The molecule has 0 saturated heterocycles. The Balaban J connectivity index is 0.000000340. The van der Waals surface area contributed by atoms with Crippen LogP contribution < -0.4 is 5.43 Å². The van der Waals surface area contributed by atoms with Crippen LogP contribution in [0.3, 0.4) is 0 Å². The number of fused-ring (bicyclic) bond motifs is 1. The number of carbonyl (C=O) groups excluding carboxylic acids is 2. The Hall–Kier alpha value is -3.53. The number of nitrogens with zero attached hydrogens (tertiary/aromatic N) is 2. The number of esters is 2. The molecule has 0 saturated carbocycles. The minimum absolute atomic E-state index is 0.00227. The predicted molar refractivity (Wildman–Crippen MR) is 187 cm³/mol. The van der Waals surface area contributed by atoms with Crippen LogP contribution in [0, 0.1) is 29.3 Å². The molecule has 0 aliphatic heterocycles. The summed E-state index contributed by atoms with van der Waals surface area (Å²) in [7, 11) is 0. The largest absolute Gasteiger partial charge is 0.506 e. The number of aliphatic hydroxyl groups excluding tert-OH is 3. The van der Waals surface area contributed by atoms with Crippen LogP contribution >= 0.6 is 31.9 Å². The standard InChI is InChI=1S/C17H20BrF2NO4.C17H19BrFNO4/c1-4-25-17(24)11(7-21-15(8-22)9(2)3)16(23)10-5-12(18)14(20)6-13(10)19;1-4-24-17(23)11-7-20(15(8-21)9(2)3)14-6-13(19)12(18)5-10(14)16(11)22/h5-7,9,15,22-23H,4,8H2,1-3H3;5-7,9,15,21H,4,8H2,1-3H3/t2*15-/m11/s1. The van der Waals surface area contributed by atoms with Gasteiger partial charge in [0, 0.05) is 23.9 Å². The number of halogens is 5. The topological polar surface area (TPSA) is 148 Å². The lowest BCUT2D eigenvalue weighted by Gasteiger charge is -2.25. The number of ether oxygens (including phenoxy) is 2. The van der Waals surface area contributed by atoms with Crippen molar-refractivity contribution < 1.29 is 47.6 Å². The van der Waals surface area contributed by atoms with Crippen LogP contribution in [0.25, 0.3) is 16.7 Å². The summed E-state index contributed by atoms with van der Waals surface area (Å²) in [6.07, 6.45) is 2.38. The van der Waals surface area contributed by atoms with Crippen LogP contribution in [0.4, 0.5) is 13.2 Å². The highest BCUT2D eigenvalue weighted by atomic mass is 79.9. The molecular formula is C34H39Br2F3N2O8. The molecule has 3 aromatic rings. The van der Waals surface area contributed by atoms with Crippen molar-refractivity contribution in [3.8, 4) is 0 Å². The molecule has 3 rings (SSSR count). The molecule has 49 heavy (non-hydrogen) atoms. The van der Waals surface area contributed by atoms with E-state index in [1.165, 1.54) is 18.3 Å². The first-order valence-corrected chi connectivity index (χ1v) is 16.8. The summed E-state index contributed by atoms with van der Waals surface area (Å²) in [6.45, 7) is 10.3. The number of aromatic nitrogens is 1. The fourth-order valence-electron chi connectivity index (χ4n) is 4.46. The molecule has 0 spiro atoms. The second-order valence-electron chi connectivity index (χ2n) is 11.3. The van der Waals surface area contributed by atoms with E-state index in [1.54, 1.807) is 18.4 Å². The summed E-state index contributed by atoms with van der Waals surface area (Å²) in [5.41, 5.74) is -1.12. The molecule has 0 radical (unpaired) electrons. The van der Waals surface area contributed by atoms with Crippen molar-refractivity contribution in [2.24, 2.45) is 16.8 Å². The van der Waals surface area contributed by atoms with Gasteiger partial charge in [0.05, 0.1) is 58.5 Å². The number of benzene rings is 2. The molecule has 0 unspecified atom stereocenters. The Labute approximate surface area is 298 Å². The highest BCUT2D eigenvalue weighted by Gasteiger charge is 2.24. The minimum Gasteiger partial charge on any atom is -0.506 e. The molecule has 15 heteroatoms. The Kier molecular flexibility index (Phi) is 16.2. The summed E-state index contributed by atoms with van der Waals surface area (Å²) in [4.78, 5) is 40.9. The highest BCUT2D eigenvalue weighted by Crippen LogP contribution is 2.28. The highest BCUT2D eigenvalue weighted by molar-refractivity contribution is 9.10. The maximum Gasteiger partial charge on any atom is 0.343 e. The van der Waals surface area contributed by atoms with Gasteiger partial charge in [-0.3, -0.25) is 9.79 Å². The maximum atomic E-state index is 14.0. The van der Waals surface area contributed by atoms with Crippen molar-refractivity contribution in [2.45, 2.75) is 53.6 Å². The molecule has 1 heterocycles. The number of pyridine rings is 1. The van der Waals surface area contributed by atoms with Crippen molar-refractivity contribution in [3.05, 3.63) is 83.8 Å². The second kappa shape index (κ2) is 19.0. The Morgan fingerprint density at radius 2 is 1.47 bits per heavy atom. The molecule has 0 aliphatic rings. The fraction of sp³-hybridized carbons (Fsp3) is 0.412. The van der Waals surface area contributed by atoms with Crippen LogP contribution in [0.2, 0.25) is 0 Å². The van der Waals surface area contributed by atoms with Crippen LogP contribution in [0.15, 0.2) is 54.8 Å². The number of rotatable bonds is 12. The fourth-order valence-corrected chi connectivity index (χ4v) is 5.15. The van der Waals surface area contributed by atoms with Crippen LogP contribution in [-0.2, 0) is 14.3 Å². The molecule has 3 N–H and O–H groups in total. The molecule has 268 valence electrons. The van der Waals surface area contributed by atoms with Gasteiger partial charge in [0.25, 0.3) is 0 Å². The average molecular weight is 820 g/mol. The quantitative estimate of drug-likeness (QED) is 0.0587. The lowest BCUT2D eigenvalue weighted by Crippen LogP contribution is -2.26. The first-order valence-electron chi connectivity index (χ1n) is 15.2. The van der Waals surface area contributed by atoms with E-state index < -0.39 is 58.2 Å². The molecule has 0 aliphatic carbocycles. The van der Waals surface area contributed by atoms with Crippen LogP contribution in [-0.4, -0.2) is 70.5 Å². The van der Waals surface area contributed by atoms with Crippen molar-refractivity contribution in [2.75, 3.05) is 26.4 Å². The molecule has 1 aromatic heterocycles. The molecule has 2 atom stereocenters. The van der Waals surface area contributed by atoms with Gasteiger partial charge in [0.1, 0.15) is 34.3 Å². The lowest BCUT2D eigenvalue weighted by atomic mass is 10.0. The van der Waals surface area contributed by atoms with E-state index in [2.05, 4.69) is 36.9 Å². The summed E-state index contributed by atoms with van der Waals surface area (Å²) in [6, 6.07) is 3.24. The zero-order valence-electron chi connectivity index (χ0n) is 27.8. The smallest absolute Gasteiger partial charge is 0.343 e. The van der Waals surface area contributed by atoms with Crippen molar-refractivity contribution in [3.63, 3.8) is 0 Å². The Morgan fingerprint density at radius 3 is 2.00 bits per heavy atom. The molecule has 0 fully saturated rings. The average Bonchev–Trinajstić information content (AvgIpc) is 3.03. The zero-order valence-corrected chi connectivity index (χ0v) is 30.9. The Morgan fingerprint density at radius 1 is 0.878 bits per heavy atom. The molecule has 0 bridgehead atoms. The van der Waals surface area contributed by atoms with E-state index in [0.717, 1.165) is 12.3 Å². The van der Waals surface area contributed by atoms with Gasteiger partial charge >= 0.3 is 11.9 Å². The molecule has 2 aromatic carbocycles. The van der Waals surface area contributed by atoms with Crippen molar-refractivity contribution in [1.29, 1.82) is 0 Å². The SMILES string of the molecule is CCOC(=O)C(C=N[C@H](CO)C(C)C)=C(O)c1cc(Br)c(F)cc1F.CCOC(=O)c1cn([C@H](CO)C(C)C)c2cc(F)c(Br)cc2c1=O. The van der Waals surface area contributed by atoms with Gasteiger partial charge in [-0.1, -0.05) is 27.7 Å². The van der Waals surface area contributed by atoms with Gasteiger partial charge in [-0.05, 0) is 75.7 Å². The molecule has 0 amide bonds. The summed E-state index contributed by atoms with van der Waals surface area (Å²) in [5, 5.41) is 29.5. The first kappa shape index (κ1) is 41.6. The Bertz CT molecular complexity index is 1780. The van der Waals surface area contributed by atoms with Gasteiger partial charge in [-0.2, -0.15) is 0 Å².